The Morgan fingerprint density at radius 1 is 0.808 bits per heavy atom. The van der Waals surface area contributed by atoms with Gasteiger partial charge in [-0.25, -0.2) is 3.63 Å². The van der Waals surface area contributed by atoms with Gasteiger partial charge < -0.3 is 0 Å². The Hall–Kier alpha value is -1.51. The maximum absolute atomic E-state index is 13.1. The van der Waals surface area contributed by atoms with Gasteiger partial charge in [0.15, 0.2) is 0 Å². The third kappa shape index (κ3) is 3.92. The van der Waals surface area contributed by atoms with E-state index in [1.807, 2.05) is 12.1 Å². The minimum Gasteiger partial charge on any atom is -0.204 e. The van der Waals surface area contributed by atoms with Gasteiger partial charge in [0.1, 0.15) is 0 Å². The summed E-state index contributed by atoms with van der Waals surface area (Å²) in [6, 6.07) is 10.5. The van der Waals surface area contributed by atoms with E-state index in [9.17, 15) is 21.6 Å². The molecule has 0 aliphatic carbocycles. The van der Waals surface area contributed by atoms with E-state index in [0.29, 0.717) is 20.9 Å². The fraction of sp³-hybridized carbons (Fsp3) is 0.333. The van der Waals surface area contributed by atoms with Crippen molar-refractivity contribution in [2.75, 3.05) is 6.26 Å². The van der Waals surface area contributed by atoms with Crippen LogP contribution in [0.25, 0.3) is 0 Å². The van der Waals surface area contributed by atoms with Gasteiger partial charge in [-0.2, -0.15) is 21.6 Å². The first-order chi connectivity index (χ1) is 11.8. The molecule has 144 valence electrons. The summed E-state index contributed by atoms with van der Waals surface area (Å²) in [7, 11) is -8.73. The van der Waals surface area contributed by atoms with Gasteiger partial charge in [-0.1, -0.05) is 34.6 Å². The minimum atomic E-state index is -5.77. The second-order valence-corrected chi connectivity index (χ2v) is 10.8. The fourth-order valence-electron chi connectivity index (χ4n) is 2.66. The molecule has 0 radical (unpaired) electrons. The summed E-state index contributed by atoms with van der Waals surface area (Å²) in [6.45, 7) is 7.05. The number of alkyl halides is 3. The highest BCUT2D eigenvalue weighted by Crippen LogP contribution is 2.64. The summed E-state index contributed by atoms with van der Waals surface area (Å²) in [5.41, 5.74) is -2.53. The van der Waals surface area contributed by atoms with E-state index in [2.05, 4.69) is 0 Å². The van der Waals surface area contributed by atoms with E-state index in [0.717, 1.165) is 11.1 Å². The van der Waals surface area contributed by atoms with Crippen LogP contribution in [0.15, 0.2) is 46.2 Å². The summed E-state index contributed by atoms with van der Waals surface area (Å²) in [5, 5.41) is 0. The molecule has 0 saturated carbocycles. The van der Waals surface area contributed by atoms with Gasteiger partial charge in [0.2, 0.25) is 0 Å². The molecule has 3 nitrogen and oxygen atoms in total. The molecule has 2 rings (SSSR count). The lowest BCUT2D eigenvalue weighted by atomic mass is 10.2. The van der Waals surface area contributed by atoms with E-state index in [4.69, 9.17) is 3.63 Å². The lowest BCUT2D eigenvalue weighted by Gasteiger charge is -2.37. The molecular formula is C18H21F3O3S2. The Kier molecular flexibility index (Phi) is 5.52. The van der Waals surface area contributed by atoms with E-state index in [-0.39, 0.29) is 0 Å². The number of benzene rings is 2. The first-order valence-corrected chi connectivity index (χ1v) is 11.1. The fourth-order valence-corrected chi connectivity index (χ4v) is 7.42. The Labute approximate surface area is 153 Å². The number of hydrogen-bond acceptors (Lipinski definition) is 3. The van der Waals surface area contributed by atoms with Gasteiger partial charge in [-0.3, -0.25) is 0 Å². The summed E-state index contributed by atoms with van der Waals surface area (Å²) in [4.78, 5) is 0.915. The minimum absolute atomic E-state index is 0.457. The van der Waals surface area contributed by atoms with Crippen LogP contribution in [-0.4, -0.2) is 20.2 Å². The molecule has 2 aromatic carbocycles. The molecule has 0 fully saturated rings. The van der Waals surface area contributed by atoms with Gasteiger partial charge >= 0.3 is 15.6 Å². The average Bonchev–Trinajstić information content (AvgIpc) is 2.50. The van der Waals surface area contributed by atoms with Crippen molar-refractivity contribution in [3.63, 3.8) is 0 Å². The molecule has 0 spiro atoms. The van der Waals surface area contributed by atoms with Crippen molar-refractivity contribution >= 4 is 20.4 Å². The summed E-state index contributed by atoms with van der Waals surface area (Å²) in [5.74, 6) is 0. The van der Waals surface area contributed by atoms with Crippen LogP contribution in [0.1, 0.15) is 22.3 Å². The van der Waals surface area contributed by atoms with Crippen LogP contribution in [0.3, 0.4) is 0 Å². The van der Waals surface area contributed by atoms with Crippen molar-refractivity contribution in [3.8, 4) is 0 Å². The van der Waals surface area contributed by atoms with Crippen LogP contribution in [0.4, 0.5) is 13.2 Å². The topological polar surface area (TPSA) is 43.4 Å². The van der Waals surface area contributed by atoms with Crippen molar-refractivity contribution < 1.29 is 25.2 Å². The number of halogens is 3. The average molecular weight is 406 g/mol. The quantitative estimate of drug-likeness (QED) is 0.625. The molecule has 26 heavy (non-hydrogen) atoms. The van der Waals surface area contributed by atoms with Crippen molar-refractivity contribution in [2.24, 2.45) is 0 Å². The molecule has 0 aliphatic heterocycles. The highest BCUT2D eigenvalue weighted by atomic mass is 32.3. The molecule has 2 aromatic rings. The summed E-state index contributed by atoms with van der Waals surface area (Å²) >= 11 is 0. The standard InChI is InChI=1S/C18H21F3O3S2/c1-12-6-8-14(3)16(10-12)25(5,24-26(22,23)18(19,20)21)17-11-13(2)7-9-15(17)4/h6-11H,1-5H3. The molecule has 0 atom stereocenters. The summed E-state index contributed by atoms with van der Waals surface area (Å²) < 4.78 is 67.9. The Bertz CT molecular complexity index is 884. The largest absolute Gasteiger partial charge is 0.523 e. The highest BCUT2D eigenvalue weighted by molar-refractivity contribution is 8.32. The second kappa shape index (κ2) is 6.90. The zero-order chi connectivity index (χ0) is 19.9. The number of rotatable bonds is 4. The van der Waals surface area contributed by atoms with E-state index in [1.165, 1.54) is 6.26 Å². The van der Waals surface area contributed by atoms with Crippen LogP contribution < -0.4 is 0 Å². The van der Waals surface area contributed by atoms with Crippen molar-refractivity contribution in [2.45, 2.75) is 43.0 Å². The molecule has 0 N–H and O–H groups in total. The third-order valence-electron chi connectivity index (χ3n) is 4.04. The van der Waals surface area contributed by atoms with Crippen LogP contribution in [0.2, 0.25) is 0 Å². The molecule has 8 heteroatoms. The normalized spacial score (nSPS) is 13.7. The van der Waals surface area contributed by atoms with Gasteiger partial charge in [0.05, 0.1) is 0 Å². The van der Waals surface area contributed by atoms with Crippen LogP contribution in [0, 0.1) is 27.7 Å². The van der Waals surface area contributed by atoms with Gasteiger partial charge in [0.25, 0.3) is 0 Å². The molecule has 0 bridgehead atoms. The maximum Gasteiger partial charge on any atom is 0.523 e. The molecule has 0 aliphatic rings. The van der Waals surface area contributed by atoms with Crippen LogP contribution >= 0.6 is 10.3 Å². The van der Waals surface area contributed by atoms with Crippen LogP contribution in [0.5, 0.6) is 0 Å². The molecule has 0 unspecified atom stereocenters. The van der Waals surface area contributed by atoms with E-state index < -0.39 is 25.9 Å². The SMILES string of the molecule is Cc1ccc(C)c(S(C)(OS(=O)(=O)C(F)(F)F)c2cc(C)ccc2C)c1. The summed E-state index contributed by atoms with van der Waals surface area (Å²) in [6.07, 6.45) is 1.44. The third-order valence-corrected chi connectivity index (χ3v) is 8.97. The lowest BCUT2D eigenvalue weighted by molar-refractivity contribution is -0.0496. The second-order valence-electron chi connectivity index (χ2n) is 6.35. The van der Waals surface area contributed by atoms with Gasteiger partial charge in [0, 0.05) is 9.79 Å². The smallest absolute Gasteiger partial charge is 0.204 e. The molecule has 0 saturated heterocycles. The molecule has 0 aromatic heterocycles. The maximum atomic E-state index is 13.1. The van der Waals surface area contributed by atoms with E-state index in [1.54, 1.807) is 52.0 Å². The van der Waals surface area contributed by atoms with E-state index >= 15 is 0 Å². The lowest BCUT2D eigenvalue weighted by Crippen LogP contribution is -2.27. The molecular weight excluding hydrogens is 385 g/mol. The number of hydrogen-bond donors (Lipinski definition) is 0. The Morgan fingerprint density at radius 3 is 1.54 bits per heavy atom. The monoisotopic (exact) mass is 406 g/mol. The molecule has 0 heterocycles. The Balaban J connectivity index is 2.82. The van der Waals surface area contributed by atoms with Crippen LogP contribution in [-0.2, 0) is 13.7 Å². The zero-order valence-corrected chi connectivity index (χ0v) is 16.8. The van der Waals surface area contributed by atoms with Crippen molar-refractivity contribution in [3.05, 3.63) is 58.7 Å². The van der Waals surface area contributed by atoms with Gasteiger partial charge in [-0.05, 0) is 68.3 Å². The molecule has 0 amide bonds. The van der Waals surface area contributed by atoms with Crippen molar-refractivity contribution in [1.29, 1.82) is 0 Å². The first kappa shape index (κ1) is 20.8. The predicted octanol–water partition coefficient (Wildman–Crippen LogP) is 5.55. The number of aryl methyl sites for hydroxylation is 4. The Morgan fingerprint density at radius 2 is 1.19 bits per heavy atom. The highest BCUT2D eigenvalue weighted by Gasteiger charge is 2.51. The zero-order valence-electron chi connectivity index (χ0n) is 15.1. The predicted molar refractivity (Wildman–Crippen MR) is 97.9 cm³/mol. The van der Waals surface area contributed by atoms with Gasteiger partial charge in [-0.15, -0.1) is 0 Å². The van der Waals surface area contributed by atoms with Crippen molar-refractivity contribution in [1.82, 2.24) is 0 Å². The first-order valence-electron chi connectivity index (χ1n) is 7.73.